The van der Waals surface area contributed by atoms with Crippen molar-refractivity contribution in [3.63, 3.8) is 0 Å². The van der Waals surface area contributed by atoms with E-state index in [1.54, 1.807) is 24.3 Å². The zero-order valence-corrected chi connectivity index (χ0v) is 22.6. The maximum absolute atomic E-state index is 11.1. The zero-order chi connectivity index (χ0) is 27.9. The highest BCUT2D eigenvalue weighted by Gasteiger charge is 2.44. The van der Waals surface area contributed by atoms with Crippen LogP contribution < -0.4 is 9.47 Å². The molecule has 0 heterocycles. The summed E-state index contributed by atoms with van der Waals surface area (Å²) in [4.78, 5) is 71.9. The molecule has 2 aromatic rings. The maximum Gasteiger partial charge on any atom is 0.341 e. The third-order valence-corrected chi connectivity index (χ3v) is 12.1. The van der Waals surface area contributed by atoms with Crippen LogP contribution in [0.3, 0.4) is 0 Å². The second kappa shape index (κ2) is 12.9. The summed E-state index contributed by atoms with van der Waals surface area (Å²) in [6.45, 7) is 0. The van der Waals surface area contributed by atoms with Crippen molar-refractivity contribution in [2.24, 2.45) is 0 Å². The lowest BCUT2D eigenvalue weighted by atomic mass is 10.2. The Bertz CT molecular complexity index is 1060. The molecule has 0 aliphatic carbocycles. The molecule has 18 heteroatoms. The average molecular weight is 592 g/mol. The molecule has 0 radical (unpaired) electrons. The Morgan fingerprint density at radius 3 is 1.08 bits per heavy atom. The summed E-state index contributed by atoms with van der Waals surface area (Å²) in [5.41, 5.74) is 0.761. The van der Waals surface area contributed by atoms with Crippen molar-refractivity contribution in [1.29, 1.82) is 0 Å². The first-order chi connectivity index (χ1) is 16.3. The number of hydrogen-bond acceptors (Lipinski definition) is 6. The van der Waals surface area contributed by atoms with E-state index in [-0.39, 0.29) is 0 Å². The van der Waals surface area contributed by atoms with Gasteiger partial charge in [0.2, 0.25) is 0 Å². The van der Waals surface area contributed by atoms with Crippen molar-refractivity contribution < 1.29 is 66.9 Å². The average Bonchev–Trinajstić information content (AvgIpc) is 2.73. The van der Waals surface area contributed by atoms with Crippen LogP contribution in [0.15, 0.2) is 48.5 Å². The molecule has 0 aliphatic rings. The molecule has 0 fully saturated rings. The summed E-state index contributed by atoms with van der Waals surface area (Å²) in [6.07, 6.45) is -0.850. The summed E-state index contributed by atoms with van der Waals surface area (Å²) in [5, 5.41) is -4.06. The minimum absolute atomic E-state index is 0.381. The first-order valence-electron chi connectivity index (χ1n) is 9.75. The maximum atomic E-state index is 11.1. The minimum Gasteiger partial charge on any atom is -0.497 e. The molecule has 36 heavy (non-hydrogen) atoms. The second-order valence-corrected chi connectivity index (χ2v) is 15.4. The molecule has 204 valence electrons. The number of rotatable bonds is 10. The highest BCUT2D eigenvalue weighted by Crippen LogP contribution is 2.61. The molecule has 2 aromatic carbocycles. The fourth-order valence-electron chi connectivity index (χ4n) is 2.89. The van der Waals surface area contributed by atoms with Crippen LogP contribution in [0.25, 0.3) is 0 Å². The lowest BCUT2D eigenvalue weighted by molar-refractivity contribution is 0.334. The van der Waals surface area contributed by atoms with E-state index in [1.165, 1.54) is 38.5 Å². The molecule has 0 saturated carbocycles. The molecule has 0 unspecified atom stereocenters. The summed E-state index contributed by atoms with van der Waals surface area (Å²) in [7, 11) is -16.7. The van der Waals surface area contributed by atoms with Crippen molar-refractivity contribution in [1.82, 2.24) is 0 Å². The third-order valence-electron chi connectivity index (χ3n) is 4.66. The highest BCUT2D eigenvalue weighted by atomic mass is 31.2. The van der Waals surface area contributed by atoms with E-state index in [0.29, 0.717) is 22.6 Å². The van der Waals surface area contributed by atoms with E-state index in [9.17, 15) is 18.3 Å². The molecule has 0 atom stereocenters. The van der Waals surface area contributed by atoms with Crippen LogP contribution in [-0.4, -0.2) is 64.2 Å². The van der Waals surface area contributed by atoms with E-state index in [4.69, 9.17) is 48.6 Å². The summed E-state index contributed by atoms with van der Waals surface area (Å²) < 4.78 is 54.3. The van der Waals surface area contributed by atoms with E-state index in [1.807, 2.05) is 0 Å². The van der Waals surface area contributed by atoms with Crippen molar-refractivity contribution in [2.45, 2.75) is 23.6 Å². The van der Waals surface area contributed by atoms with E-state index in [0.717, 1.165) is 0 Å². The Labute approximate surface area is 206 Å². The molecular formula is C18H28O14P4. The molecule has 0 aromatic heterocycles. The number of methoxy groups -OCH3 is 2. The van der Waals surface area contributed by atoms with Gasteiger partial charge in [-0.05, 0) is 48.2 Å². The van der Waals surface area contributed by atoms with Gasteiger partial charge in [0.05, 0.1) is 14.2 Å². The van der Waals surface area contributed by atoms with Gasteiger partial charge in [-0.15, -0.1) is 0 Å². The Balaban J connectivity index is 0.000000360. The van der Waals surface area contributed by atoms with Crippen LogP contribution in [0.4, 0.5) is 0 Å². The summed E-state index contributed by atoms with van der Waals surface area (Å²) >= 11 is 0. The van der Waals surface area contributed by atoms with Crippen LogP contribution in [0, 0.1) is 0 Å². The fraction of sp³-hybridized carbons (Fsp3) is 0.333. The van der Waals surface area contributed by atoms with Gasteiger partial charge in [0.25, 0.3) is 0 Å². The predicted molar refractivity (Wildman–Crippen MR) is 129 cm³/mol. The van der Waals surface area contributed by atoms with Gasteiger partial charge in [0, 0.05) is 0 Å². The first kappa shape index (κ1) is 32.7. The van der Waals surface area contributed by atoms with E-state index in [2.05, 4.69) is 0 Å². The SMILES string of the molecule is COc1cccc(CC(P(=O)(O)O)P(=O)(O)O)c1.COc1cccc(CC(P(=O)(O)O)P(=O)(O)O)c1. The normalized spacial score (nSPS) is 12.8. The van der Waals surface area contributed by atoms with Crippen molar-refractivity contribution in [2.75, 3.05) is 14.2 Å². The van der Waals surface area contributed by atoms with Gasteiger partial charge >= 0.3 is 30.4 Å². The Hall–Kier alpha value is -1.36. The molecule has 8 N–H and O–H groups in total. The van der Waals surface area contributed by atoms with Crippen LogP contribution in [0.2, 0.25) is 0 Å². The smallest absolute Gasteiger partial charge is 0.341 e. The van der Waals surface area contributed by atoms with Gasteiger partial charge in [-0.2, -0.15) is 0 Å². The molecule has 0 spiro atoms. The lowest BCUT2D eigenvalue weighted by Gasteiger charge is -2.19. The van der Waals surface area contributed by atoms with Gasteiger partial charge in [0.15, 0.2) is 10.8 Å². The minimum atomic E-state index is -4.89. The number of ether oxygens (including phenoxy) is 2. The predicted octanol–water partition coefficient (Wildman–Crippen LogP) is 1.84. The van der Waals surface area contributed by atoms with Crippen LogP contribution in [0.1, 0.15) is 11.1 Å². The van der Waals surface area contributed by atoms with Crippen molar-refractivity contribution >= 4 is 30.4 Å². The van der Waals surface area contributed by atoms with Crippen LogP contribution >= 0.6 is 30.4 Å². The van der Waals surface area contributed by atoms with Crippen LogP contribution in [0.5, 0.6) is 11.5 Å². The third kappa shape index (κ3) is 10.9. The molecular weight excluding hydrogens is 564 g/mol. The Morgan fingerprint density at radius 2 is 0.861 bits per heavy atom. The molecule has 14 nitrogen and oxygen atoms in total. The van der Waals surface area contributed by atoms with Gasteiger partial charge in [-0.3, -0.25) is 18.3 Å². The van der Waals surface area contributed by atoms with Gasteiger partial charge in [-0.1, -0.05) is 24.3 Å². The largest absolute Gasteiger partial charge is 0.497 e. The quantitative estimate of drug-likeness (QED) is 0.183. The first-order valence-corrected chi connectivity index (χ1v) is 16.5. The van der Waals surface area contributed by atoms with E-state index >= 15 is 0 Å². The summed E-state index contributed by atoms with van der Waals surface area (Å²) in [6, 6.07) is 12.4. The second-order valence-electron chi connectivity index (χ2n) is 7.43. The highest BCUT2D eigenvalue weighted by molar-refractivity contribution is 7.71. The topological polar surface area (TPSA) is 249 Å². The summed E-state index contributed by atoms with van der Waals surface area (Å²) in [5.74, 6) is 0.894. The monoisotopic (exact) mass is 592 g/mol. The number of benzene rings is 2. The molecule has 0 aliphatic heterocycles. The van der Waals surface area contributed by atoms with Crippen molar-refractivity contribution in [3.8, 4) is 11.5 Å². The van der Waals surface area contributed by atoms with Gasteiger partial charge in [-0.25, -0.2) is 0 Å². The fourth-order valence-corrected chi connectivity index (χ4v) is 7.82. The van der Waals surface area contributed by atoms with E-state index < -0.39 is 54.0 Å². The molecule has 2 rings (SSSR count). The number of hydrogen-bond donors (Lipinski definition) is 8. The Kier molecular flexibility index (Phi) is 11.7. The van der Waals surface area contributed by atoms with Crippen molar-refractivity contribution in [3.05, 3.63) is 59.7 Å². The van der Waals surface area contributed by atoms with Crippen LogP contribution in [-0.2, 0) is 31.1 Å². The molecule has 0 amide bonds. The van der Waals surface area contributed by atoms with Gasteiger partial charge in [0.1, 0.15) is 11.5 Å². The lowest BCUT2D eigenvalue weighted by Crippen LogP contribution is -2.12. The molecule has 0 saturated heterocycles. The zero-order valence-electron chi connectivity index (χ0n) is 19.0. The Morgan fingerprint density at radius 1 is 0.583 bits per heavy atom. The van der Waals surface area contributed by atoms with Gasteiger partial charge < -0.3 is 48.6 Å². The standard InChI is InChI=1S/2C9H14O7P2/c2*1-16-8-4-2-3-7(5-8)6-9(17(10,11)12)18(13,14)15/h2*2-5,9H,6H2,1H3,(H2,10,11,12)(H2,13,14,15). The molecule has 0 bridgehead atoms.